The molecule has 0 unspecified atom stereocenters. The molecule has 0 aliphatic rings. The van der Waals surface area contributed by atoms with Crippen LogP contribution in [0.25, 0.3) is 79.0 Å². The Kier molecular flexibility index (Phi) is 5.07. The Labute approximate surface area is 254 Å². The molecule has 5 heteroatoms. The molecule has 3 heterocycles. The Morgan fingerprint density at radius 3 is 1.79 bits per heavy atom. The molecule has 9 rings (SSSR count). The molecule has 0 aliphatic heterocycles. The average Bonchev–Trinajstić information content (AvgIpc) is 3.71. The summed E-state index contributed by atoms with van der Waals surface area (Å²) in [4.78, 5) is 0. The van der Waals surface area contributed by atoms with Crippen molar-refractivity contribution in [3.05, 3.63) is 126 Å². The maximum atomic E-state index is 10.3. The fraction of sp³-hybridized carbons (Fsp3) is 0. The van der Waals surface area contributed by atoms with Gasteiger partial charge in [-0.05, 0) is 72.3 Å². The van der Waals surface area contributed by atoms with Crippen molar-refractivity contribution in [2.24, 2.45) is 0 Å². The molecule has 0 bridgehead atoms. The van der Waals surface area contributed by atoms with Gasteiger partial charge in [0.15, 0.2) is 0 Å². The quantitative estimate of drug-likeness (QED) is 0.204. The largest absolute Gasteiger partial charge is 0.309 e. The fourth-order valence-electron chi connectivity index (χ4n) is 6.58. The Balaban J connectivity index is 1.34. The van der Waals surface area contributed by atoms with Crippen LogP contribution < -0.4 is 0 Å². The predicted molar refractivity (Wildman–Crippen MR) is 181 cm³/mol. The first-order valence-corrected chi connectivity index (χ1v) is 15.6. The van der Waals surface area contributed by atoms with E-state index in [1.807, 2.05) is 24.3 Å². The second-order valence-corrected chi connectivity index (χ2v) is 12.9. The molecule has 0 radical (unpaired) electrons. The number of nitrogens with zero attached hydrogens (tertiary/aromatic N) is 3. The monoisotopic (exact) mass is 581 g/mol. The molecule has 0 aliphatic carbocycles. The number of benzene rings is 6. The van der Waals surface area contributed by atoms with Gasteiger partial charge in [0.05, 0.1) is 40.0 Å². The van der Waals surface area contributed by atoms with Crippen molar-refractivity contribution in [1.29, 1.82) is 10.5 Å². The van der Waals surface area contributed by atoms with Crippen LogP contribution in [0.3, 0.4) is 0 Å². The molecule has 0 atom stereocenters. The third-order valence-electron chi connectivity index (χ3n) is 8.46. The standard InChI is InChI=1S/C38H19N3S2/c39-20-22-12-14-34-27(16-22)29-18-30-28-17-23(13-15-35(28)43-37(30)19-36(29)42-34)38-24(21-40)6-5-11-33(38)41-31-9-3-1-7-25(31)26-8-2-4-10-32(26)41/h1-19H. The average molecular weight is 582 g/mol. The lowest BCUT2D eigenvalue weighted by Gasteiger charge is -2.15. The van der Waals surface area contributed by atoms with Gasteiger partial charge in [0.2, 0.25) is 0 Å². The van der Waals surface area contributed by atoms with Gasteiger partial charge < -0.3 is 4.57 Å². The van der Waals surface area contributed by atoms with Crippen molar-refractivity contribution in [3.63, 3.8) is 0 Å². The lowest BCUT2D eigenvalue weighted by molar-refractivity contribution is 1.18. The van der Waals surface area contributed by atoms with Crippen LogP contribution >= 0.6 is 22.7 Å². The Bertz CT molecular complexity index is 2650. The zero-order valence-electron chi connectivity index (χ0n) is 22.6. The van der Waals surface area contributed by atoms with Crippen LogP contribution in [0.1, 0.15) is 11.1 Å². The first-order valence-electron chi connectivity index (χ1n) is 14.0. The van der Waals surface area contributed by atoms with Gasteiger partial charge in [-0.15, -0.1) is 22.7 Å². The minimum absolute atomic E-state index is 0.647. The van der Waals surface area contributed by atoms with Gasteiger partial charge in [0.1, 0.15) is 0 Å². The van der Waals surface area contributed by atoms with Crippen molar-refractivity contribution in [2.45, 2.75) is 0 Å². The Hall–Kier alpha value is -5.46. The molecule has 0 spiro atoms. The molecule has 3 nitrogen and oxygen atoms in total. The second kappa shape index (κ2) is 9.02. The number of nitriles is 2. The molecule has 0 amide bonds. The molecule has 198 valence electrons. The number of para-hydroxylation sites is 2. The van der Waals surface area contributed by atoms with Gasteiger partial charge >= 0.3 is 0 Å². The molecule has 6 aromatic carbocycles. The van der Waals surface area contributed by atoms with Crippen molar-refractivity contribution in [3.8, 4) is 29.0 Å². The van der Waals surface area contributed by atoms with Gasteiger partial charge in [-0.2, -0.15) is 10.5 Å². The number of rotatable bonds is 2. The van der Waals surface area contributed by atoms with Crippen LogP contribution in [0.15, 0.2) is 115 Å². The molecular weight excluding hydrogens is 563 g/mol. The van der Waals surface area contributed by atoms with Gasteiger partial charge in [0.25, 0.3) is 0 Å². The maximum absolute atomic E-state index is 10.3. The molecule has 0 N–H and O–H groups in total. The number of thiophene rings is 2. The zero-order valence-corrected chi connectivity index (χ0v) is 24.3. The molecular formula is C38H19N3S2. The normalized spacial score (nSPS) is 11.7. The number of hydrogen-bond donors (Lipinski definition) is 0. The van der Waals surface area contributed by atoms with Crippen molar-refractivity contribution >= 4 is 84.8 Å². The van der Waals surface area contributed by atoms with Crippen LogP contribution in [-0.2, 0) is 0 Å². The summed E-state index contributed by atoms with van der Waals surface area (Å²) in [6.45, 7) is 0. The van der Waals surface area contributed by atoms with Crippen LogP contribution in [0.2, 0.25) is 0 Å². The number of aromatic nitrogens is 1. The third-order valence-corrected chi connectivity index (χ3v) is 10.7. The van der Waals surface area contributed by atoms with E-state index in [0.29, 0.717) is 11.1 Å². The zero-order chi connectivity index (χ0) is 28.7. The molecule has 0 fully saturated rings. The van der Waals surface area contributed by atoms with Gasteiger partial charge in [-0.1, -0.05) is 48.5 Å². The van der Waals surface area contributed by atoms with Gasteiger partial charge in [0, 0.05) is 56.7 Å². The minimum Gasteiger partial charge on any atom is -0.309 e. The molecule has 0 saturated heterocycles. The van der Waals surface area contributed by atoms with E-state index in [-0.39, 0.29) is 0 Å². The summed E-state index contributed by atoms with van der Waals surface area (Å²) in [5.41, 5.74) is 6.49. The van der Waals surface area contributed by atoms with E-state index in [2.05, 4.69) is 108 Å². The van der Waals surface area contributed by atoms with E-state index in [9.17, 15) is 10.5 Å². The van der Waals surface area contributed by atoms with Gasteiger partial charge in [-0.3, -0.25) is 0 Å². The van der Waals surface area contributed by atoms with E-state index >= 15 is 0 Å². The first kappa shape index (κ1) is 24.2. The molecule has 3 aromatic heterocycles. The fourth-order valence-corrected chi connectivity index (χ4v) is 8.87. The lowest BCUT2D eigenvalue weighted by atomic mass is 9.96. The summed E-state index contributed by atoms with van der Waals surface area (Å²) in [5.74, 6) is 0. The highest BCUT2D eigenvalue weighted by molar-refractivity contribution is 7.28. The highest BCUT2D eigenvalue weighted by Gasteiger charge is 2.19. The summed E-state index contributed by atoms with van der Waals surface area (Å²) in [6, 6.07) is 44.9. The predicted octanol–water partition coefficient (Wildman–Crippen LogP) is 10.9. The van der Waals surface area contributed by atoms with E-state index in [1.54, 1.807) is 22.7 Å². The van der Waals surface area contributed by atoms with Crippen molar-refractivity contribution in [2.75, 3.05) is 0 Å². The smallest absolute Gasteiger partial charge is 0.0998 e. The number of hydrogen-bond acceptors (Lipinski definition) is 4. The van der Waals surface area contributed by atoms with Crippen molar-refractivity contribution in [1.82, 2.24) is 4.57 Å². The molecule has 0 saturated carbocycles. The summed E-state index contributed by atoms with van der Waals surface area (Å²) >= 11 is 3.57. The van der Waals surface area contributed by atoms with E-state index in [4.69, 9.17) is 0 Å². The summed E-state index contributed by atoms with van der Waals surface area (Å²) < 4.78 is 7.17. The van der Waals surface area contributed by atoms with Crippen LogP contribution in [-0.4, -0.2) is 4.57 Å². The van der Waals surface area contributed by atoms with Crippen LogP contribution in [0.5, 0.6) is 0 Å². The highest BCUT2D eigenvalue weighted by Crippen LogP contribution is 2.44. The minimum atomic E-state index is 0.647. The van der Waals surface area contributed by atoms with Crippen LogP contribution in [0.4, 0.5) is 0 Å². The third kappa shape index (κ3) is 3.44. The molecule has 9 aromatic rings. The highest BCUT2D eigenvalue weighted by atomic mass is 32.1. The van der Waals surface area contributed by atoms with E-state index in [0.717, 1.165) is 33.2 Å². The topological polar surface area (TPSA) is 52.5 Å². The van der Waals surface area contributed by atoms with Gasteiger partial charge in [-0.25, -0.2) is 0 Å². The summed E-state index contributed by atoms with van der Waals surface area (Å²) in [6.07, 6.45) is 0. The second-order valence-electron chi connectivity index (χ2n) is 10.8. The Morgan fingerprint density at radius 1 is 0.488 bits per heavy atom. The number of fused-ring (bicyclic) bond motifs is 9. The van der Waals surface area contributed by atoms with E-state index < -0.39 is 0 Å². The summed E-state index contributed by atoms with van der Waals surface area (Å²) in [7, 11) is 0. The first-order chi connectivity index (χ1) is 21.2. The Morgan fingerprint density at radius 2 is 1.12 bits per heavy atom. The lowest BCUT2D eigenvalue weighted by Crippen LogP contribution is -1.99. The van der Waals surface area contributed by atoms with Crippen molar-refractivity contribution < 1.29 is 0 Å². The maximum Gasteiger partial charge on any atom is 0.0998 e. The van der Waals surface area contributed by atoms with Crippen LogP contribution in [0, 0.1) is 22.7 Å². The molecule has 43 heavy (non-hydrogen) atoms. The van der Waals surface area contributed by atoms with E-state index in [1.165, 1.54) is 45.7 Å². The summed E-state index contributed by atoms with van der Waals surface area (Å²) in [5, 5.41) is 26.9. The SMILES string of the molecule is N#Cc1ccc2sc3cc4sc5ccc(-c6c(C#N)cccc6-n6c7ccccc7c7ccccc76)cc5c4cc3c2c1.